The lowest BCUT2D eigenvalue weighted by atomic mass is 10.1. The zero-order valence-corrected chi connectivity index (χ0v) is 10.5. The molecule has 2 rings (SSSR count). The van der Waals surface area contributed by atoms with E-state index in [9.17, 15) is 10.1 Å². The quantitative estimate of drug-likeness (QED) is 0.644. The Morgan fingerprint density at radius 3 is 3.06 bits per heavy atom. The van der Waals surface area contributed by atoms with E-state index in [0.717, 1.165) is 31.4 Å². The molecule has 1 atom stereocenters. The van der Waals surface area contributed by atoms with E-state index in [1.54, 1.807) is 12.1 Å². The maximum absolute atomic E-state index is 10.9. The van der Waals surface area contributed by atoms with E-state index in [1.165, 1.54) is 0 Å². The van der Waals surface area contributed by atoms with Crippen molar-refractivity contribution in [3.05, 3.63) is 33.9 Å². The third kappa shape index (κ3) is 3.20. The Kier molecular flexibility index (Phi) is 4.15. The first kappa shape index (κ1) is 12.8. The van der Waals surface area contributed by atoms with Crippen molar-refractivity contribution in [2.75, 3.05) is 18.5 Å². The van der Waals surface area contributed by atoms with Crippen LogP contribution in [0.25, 0.3) is 0 Å². The smallest absolute Gasteiger partial charge is 0.292 e. The number of rotatable bonds is 5. The van der Waals surface area contributed by atoms with Crippen LogP contribution < -0.4 is 5.32 Å². The number of hydrogen-bond acceptors (Lipinski definition) is 4. The number of anilines is 1. The second kappa shape index (κ2) is 5.82. The zero-order chi connectivity index (χ0) is 13.0. The molecule has 1 N–H and O–H groups in total. The van der Waals surface area contributed by atoms with Crippen LogP contribution in [0.3, 0.4) is 0 Å². The predicted octanol–water partition coefficient (Wildman–Crippen LogP) is 2.88. The number of nitrogens with zero attached hydrogens (tertiary/aromatic N) is 1. The lowest BCUT2D eigenvalue weighted by Gasteiger charge is -2.11. The Labute approximate surface area is 106 Å². The van der Waals surface area contributed by atoms with E-state index < -0.39 is 0 Å². The molecule has 0 amide bonds. The summed E-state index contributed by atoms with van der Waals surface area (Å²) in [6.07, 6.45) is 3.42. The molecular weight excluding hydrogens is 232 g/mol. The van der Waals surface area contributed by atoms with Gasteiger partial charge < -0.3 is 10.1 Å². The van der Waals surface area contributed by atoms with Gasteiger partial charge in [0.15, 0.2) is 0 Å². The molecule has 1 fully saturated rings. The molecule has 1 aliphatic heterocycles. The van der Waals surface area contributed by atoms with Crippen molar-refractivity contribution in [3.63, 3.8) is 0 Å². The Hall–Kier alpha value is -1.62. The zero-order valence-electron chi connectivity index (χ0n) is 10.5. The molecule has 0 saturated carbocycles. The van der Waals surface area contributed by atoms with Crippen molar-refractivity contribution in [2.45, 2.75) is 32.3 Å². The minimum absolute atomic E-state index is 0.132. The van der Waals surface area contributed by atoms with Crippen molar-refractivity contribution < 1.29 is 9.66 Å². The molecule has 0 aromatic heterocycles. The van der Waals surface area contributed by atoms with Gasteiger partial charge in [-0.2, -0.15) is 0 Å². The number of aryl methyl sites for hydroxylation is 1. The van der Waals surface area contributed by atoms with Gasteiger partial charge >= 0.3 is 0 Å². The average molecular weight is 250 g/mol. The highest BCUT2D eigenvalue weighted by molar-refractivity contribution is 5.62. The van der Waals surface area contributed by atoms with Crippen LogP contribution in [0.1, 0.15) is 24.8 Å². The largest absolute Gasteiger partial charge is 0.379 e. The van der Waals surface area contributed by atoms with Gasteiger partial charge in [0.1, 0.15) is 5.69 Å². The van der Waals surface area contributed by atoms with Gasteiger partial charge in [-0.15, -0.1) is 0 Å². The summed E-state index contributed by atoms with van der Waals surface area (Å²) >= 11 is 0. The minimum Gasteiger partial charge on any atom is -0.379 e. The van der Waals surface area contributed by atoms with Crippen molar-refractivity contribution in [2.24, 2.45) is 0 Å². The van der Waals surface area contributed by atoms with Crippen molar-refractivity contribution in [1.29, 1.82) is 0 Å². The van der Waals surface area contributed by atoms with Gasteiger partial charge in [-0.3, -0.25) is 10.1 Å². The normalized spacial score (nSPS) is 18.8. The van der Waals surface area contributed by atoms with E-state index in [1.807, 2.05) is 13.0 Å². The van der Waals surface area contributed by atoms with Crippen molar-refractivity contribution in [3.8, 4) is 0 Å². The van der Waals surface area contributed by atoms with Crippen LogP contribution in [0.2, 0.25) is 0 Å². The molecular formula is C13H18N2O3. The summed E-state index contributed by atoms with van der Waals surface area (Å²) in [5.41, 5.74) is 1.74. The number of nitrogens with one attached hydrogen (secondary N) is 1. The molecule has 1 aliphatic rings. The number of hydrogen-bond donors (Lipinski definition) is 1. The van der Waals surface area contributed by atoms with Gasteiger partial charge in [-0.1, -0.05) is 6.07 Å². The van der Waals surface area contributed by atoms with E-state index in [4.69, 9.17) is 4.74 Å². The van der Waals surface area contributed by atoms with Crippen LogP contribution in [-0.2, 0) is 4.74 Å². The fourth-order valence-corrected chi connectivity index (χ4v) is 2.19. The summed E-state index contributed by atoms with van der Waals surface area (Å²) in [5.74, 6) is 0. The Balaban J connectivity index is 1.94. The van der Waals surface area contributed by atoms with Gasteiger partial charge in [0.05, 0.1) is 11.0 Å². The molecule has 0 spiro atoms. The van der Waals surface area contributed by atoms with Crippen LogP contribution in [0.5, 0.6) is 0 Å². The van der Waals surface area contributed by atoms with E-state index in [0.29, 0.717) is 18.3 Å². The Morgan fingerprint density at radius 1 is 1.56 bits per heavy atom. The molecule has 1 unspecified atom stereocenters. The maximum Gasteiger partial charge on any atom is 0.292 e. The topological polar surface area (TPSA) is 64.4 Å². The van der Waals surface area contributed by atoms with Crippen LogP contribution in [-0.4, -0.2) is 24.2 Å². The second-order valence-corrected chi connectivity index (χ2v) is 4.63. The lowest BCUT2D eigenvalue weighted by molar-refractivity contribution is -0.384. The predicted molar refractivity (Wildman–Crippen MR) is 69.9 cm³/mol. The molecule has 5 heteroatoms. The number of nitro groups is 1. The SMILES string of the molecule is Cc1ccc([N+](=O)[O-])c(NCCC2CCCO2)c1. The van der Waals surface area contributed by atoms with Crippen molar-refractivity contribution in [1.82, 2.24) is 0 Å². The molecule has 98 valence electrons. The molecule has 0 bridgehead atoms. The summed E-state index contributed by atoms with van der Waals surface area (Å²) in [4.78, 5) is 10.5. The fraction of sp³-hybridized carbons (Fsp3) is 0.538. The van der Waals surface area contributed by atoms with Gasteiger partial charge in [-0.25, -0.2) is 0 Å². The molecule has 0 aliphatic carbocycles. The van der Waals surface area contributed by atoms with Crippen molar-refractivity contribution >= 4 is 11.4 Å². The Bertz CT molecular complexity index is 428. The first-order valence-corrected chi connectivity index (χ1v) is 6.27. The maximum atomic E-state index is 10.9. The fourth-order valence-electron chi connectivity index (χ4n) is 2.19. The minimum atomic E-state index is -0.353. The Morgan fingerprint density at radius 2 is 2.39 bits per heavy atom. The number of benzene rings is 1. The van der Waals surface area contributed by atoms with Crippen LogP contribution in [0.4, 0.5) is 11.4 Å². The molecule has 18 heavy (non-hydrogen) atoms. The summed E-state index contributed by atoms with van der Waals surface area (Å²) in [6, 6.07) is 5.11. The lowest BCUT2D eigenvalue weighted by Crippen LogP contribution is -2.13. The summed E-state index contributed by atoms with van der Waals surface area (Å²) in [7, 11) is 0. The van der Waals surface area contributed by atoms with E-state index in [2.05, 4.69) is 5.32 Å². The summed E-state index contributed by atoms with van der Waals surface area (Å²) in [6.45, 7) is 3.47. The highest BCUT2D eigenvalue weighted by Gasteiger charge is 2.16. The van der Waals surface area contributed by atoms with E-state index in [-0.39, 0.29) is 10.6 Å². The second-order valence-electron chi connectivity index (χ2n) is 4.63. The number of nitro benzene ring substituents is 1. The van der Waals surface area contributed by atoms with Gasteiger partial charge in [0.25, 0.3) is 5.69 Å². The summed E-state index contributed by atoms with van der Waals surface area (Å²) < 4.78 is 5.52. The first-order chi connectivity index (χ1) is 8.66. The summed E-state index contributed by atoms with van der Waals surface area (Å²) in [5, 5.41) is 14.0. The highest BCUT2D eigenvalue weighted by atomic mass is 16.6. The van der Waals surface area contributed by atoms with Crippen LogP contribution >= 0.6 is 0 Å². The molecule has 5 nitrogen and oxygen atoms in total. The number of ether oxygens (including phenoxy) is 1. The van der Waals surface area contributed by atoms with Gasteiger partial charge in [0.2, 0.25) is 0 Å². The molecule has 1 aromatic rings. The molecule has 1 heterocycles. The van der Waals surface area contributed by atoms with E-state index >= 15 is 0 Å². The van der Waals surface area contributed by atoms with Gasteiger partial charge in [-0.05, 0) is 37.8 Å². The molecule has 1 aromatic carbocycles. The molecule has 0 radical (unpaired) electrons. The molecule has 1 saturated heterocycles. The highest BCUT2D eigenvalue weighted by Crippen LogP contribution is 2.25. The monoisotopic (exact) mass is 250 g/mol. The van der Waals surface area contributed by atoms with Crippen LogP contribution in [0, 0.1) is 17.0 Å². The first-order valence-electron chi connectivity index (χ1n) is 6.27. The third-order valence-electron chi connectivity index (χ3n) is 3.15. The van der Waals surface area contributed by atoms with Gasteiger partial charge in [0, 0.05) is 19.2 Å². The van der Waals surface area contributed by atoms with Crippen LogP contribution in [0.15, 0.2) is 18.2 Å². The average Bonchev–Trinajstić information content (AvgIpc) is 2.82. The third-order valence-corrected chi connectivity index (χ3v) is 3.15. The standard InChI is InChI=1S/C13H18N2O3/c1-10-4-5-13(15(16)17)12(9-10)14-7-6-11-3-2-8-18-11/h4-5,9,11,14H,2-3,6-8H2,1H3.